The van der Waals surface area contributed by atoms with E-state index in [1.807, 2.05) is 0 Å². The van der Waals surface area contributed by atoms with E-state index in [1.54, 1.807) is 0 Å². The van der Waals surface area contributed by atoms with Gasteiger partial charge in [-0.2, -0.15) is 0 Å². The normalized spacial score (nSPS) is 12.1. The Morgan fingerprint density at radius 3 is 1.10 bits per heavy atom. The second-order valence-electron chi connectivity index (χ2n) is 12.8. The Balaban J connectivity index is 3.38. The van der Waals surface area contributed by atoms with Crippen molar-refractivity contribution in [2.45, 2.75) is 200 Å². The van der Waals surface area contributed by atoms with Crippen LogP contribution in [-0.4, -0.2) is 36.4 Å². The zero-order chi connectivity index (χ0) is 30.2. The highest BCUT2D eigenvalue weighted by molar-refractivity contribution is 5.69. The molecule has 0 saturated carbocycles. The molecule has 0 radical (unpaired) electrons. The zero-order valence-electron chi connectivity index (χ0n) is 27.7. The molecule has 0 amide bonds. The maximum Gasteiger partial charge on any atom is 0.305 e. The molecule has 0 bridgehead atoms. The van der Waals surface area contributed by atoms with E-state index >= 15 is 0 Å². The van der Waals surface area contributed by atoms with Gasteiger partial charge in [0.05, 0.1) is 0 Å². The number of hydrogen-bond acceptors (Lipinski definition) is 5. The molecule has 0 aromatic heterocycles. The van der Waals surface area contributed by atoms with Gasteiger partial charge in [0, 0.05) is 12.8 Å². The van der Waals surface area contributed by atoms with E-state index < -0.39 is 6.10 Å². The van der Waals surface area contributed by atoms with Crippen LogP contribution in [0.3, 0.4) is 0 Å². The van der Waals surface area contributed by atoms with Crippen molar-refractivity contribution in [2.24, 2.45) is 5.92 Å². The lowest BCUT2D eigenvalue weighted by Crippen LogP contribution is -2.25. The minimum atomic E-state index is -0.953. The molecule has 0 rings (SSSR count). The third kappa shape index (κ3) is 33.3. The summed E-state index contributed by atoms with van der Waals surface area (Å²) < 4.78 is 10.3. The molecule has 41 heavy (non-hydrogen) atoms. The van der Waals surface area contributed by atoms with Gasteiger partial charge in [0.15, 0.2) is 0 Å². The minimum Gasteiger partial charge on any atom is -0.463 e. The van der Waals surface area contributed by atoms with Crippen molar-refractivity contribution in [3.8, 4) is 0 Å². The van der Waals surface area contributed by atoms with Gasteiger partial charge in [-0.05, 0) is 18.8 Å². The molecule has 0 aromatic carbocycles. The molecule has 0 aromatic rings. The van der Waals surface area contributed by atoms with Gasteiger partial charge >= 0.3 is 11.9 Å². The smallest absolute Gasteiger partial charge is 0.305 e. The lowest BCUT2D eigenvalue weighted by atomic mass is 10.0. The molecule has 1 atom stereocenters. The van der Waals surface area contributed by atoms with E-state index in [1.165, 1.54) is 135 Å². The van der Waals surface area contributed by atoms with Crippen LogP contribution in [0.5, 0.6) is 0 Å². The van der Waals surface area contributed by atoms with E-state index in [4.69, 9.17) is 9.47 Å². The van der Waals surface area contributed by atoms with Crippen molar-refractivity contribution in [3.63, 3.8) is 0 Å². The van der Waals surface area contributed by atoms with Crippen LogP contribution in [0.25, 0.3) is 0 Å². The minimum absolute atomic E-state index is 0.109. The summed E-state index contributed by atoms with van der Waals surface area (Å²) >= 11 is 0. The van der Waals surface area contributed by atoms with Crippen LogP contribution in [0, 0.1) is 5.92 Å². The molecule has 0 unspecified atom stereocenters. The number of carbonyl (C=O) groups excluding carboxylic acids is 2. The average molecular weight is 583 g/mol. The van der Waals surface area contributed by atoms with Gasteiger partial charge in [-0.1, -0.05) is 168 Å². The van der Waals surface area contributed by atoms with Crippen molar-refractivity contribution in [2.75, 3.05) is 13.2 Å². The second-order valence-corrected chi connectivity index (χ2v) is 12.8. The highest BCUT2D eigenvalue weighted by Gasteiger charge is 2.12. The molecule has 5 heteroatoms. The quantitative estimate of drug-likeness (QED) is 0.0631. The Morgan fingerprint density at radius 1 is 0.488 bits per heavy atom. The van der Waals surface area contributed by atoms with E-state index in [0.717, 1.165) is 31.6 Å². The van der Waals surface area contributed by atoms with Crippen molar-refractivity contribution in [1.29, 1.82) is 0 Å². The van der Waals surface area contributed by atoms with Gasteiger partial charge < -0.3 is 14.6 Å². The summed E-state index contributed by atoms with van der Waals surface area (Å²) in [6.07, 6.45) is 31.5. The van der Waals surface area contributed by atoms with Gasteiger partial charge in [0.2, 0.25) is 0 Å². The van der Waals surface area contributed by atoms with E-state index in [9.17, 15) is 14.7 Å². The van der Waals surface area contributed by atoms with Gasteiger partial charge in [0.1, 0.15) is 19.3 Å². The maximum absolute atomic E-state index is 11.9. The first-order valence-electron chi connectivity index (χ1n) is 17.9. The highest BCUT2D eigenvalue weighted by Crippen LogP contribution is 2.15. The van der Waals surface area contributed by atoms with Crippen LogP contribution in [0.15, 0.2) is 0 Å². The molecule has 244 valence electrons. The molecule has 0 aliphatic rings. The van der Waals surface area contributed by atoms with Crippen LogP contribution in [0.4, 0.5) is 0 Å². The Hall–Kier alpha value is -1.10. The summed E-state index contributed by atoms with van der Waals surface area (Å²) in [7, 11) is 0. The Labute approximate surface area is 255 Å². The molecule has 0 fully saturated rings. The van der Waals surface area contributed by atoms with Crippen LogP contribution in [0.1, 0.15) is 194 Å². The van der Waals surface area contributed by atoms with Gasteiger partial charge in [-0.25, -0.2) is 0 Å². The van der Waals surface area contributed by atoms with Gasteiger partial charge in [-0.15, -0.1) is 0 Å². The molecule has 1 N–H and O–H groups in total. The number of esters is 2. The molecular weight excluding hydrogens is 512 g/mol. The fourth-order valence-electron chi connectivity index (χ4n) is 5.27. The first-order chi connectivity index (χ1) is 20.0. The predicted molar refractivity (Wildman–Crippen MR) is 173 cm³/mol. The van der Waals surface area contributed by atoms with Crippen molar-refractivity contribution in [1.82, 2.24) is 0 Å². The van der Waals surface area contributed by atoms with Crippen molar-refractivity contribution in [3.05, 3.63) is 0 Å². The number of carbonyl (C=O) groups is 2. The molecule has 0 saturated heterocycles. The van der Waals surface area contributed by atoms with Crippen LogP contribution in [-0.2, 0) is 19.1 Å². The number of rotatable bonds is 32. The number of ether oxygens (including phenoxy) is 2. The number of aliphatic hydroxyl groups is 1. The third-order valence-corrected chi connectivity index (χ3v) is 8.02. The number of aliphatic hydroxyl groups excluding tert-OH is 1. The monoisotopic (exact) mass is 583 g/mol. The Morgan fingerprint density at radius 2 is 0.780 bits per heavy atom. The summed E-state index contributed by atoms with van der Waals surface area (Å²) in [5.74, 6) is 0.296. The number of hydrogen-bond donors (Lipinski definition) is 1. The molecule has 0 aliphatic heterocycles. The fraction of sp³-hybridized carbons (Fsp3) is 0.944. The lowest BCUT2D eigenvalue weighted by Gasteiger charge is -2.12. The van der Waals surface area contributed by atoms with Crippen LogP contribution >= 0.6 is 0 Å². The summed E-state index contributed by atoms with van der Waals surface area (Å²) in [5, 5.41) is 9.96. The molecule has 5 nitrogen and oxygen atoms in total. The molecule has 0 heterocycles. The zero-order valence-corrected chi connectivity index (χ0v) is 27.7. The van der Waals surface area contributed by atoms with E-state index in [2.05, 4.69) is 20.8 Å². The van der Waals surface area contributed by atoms with Crippen molar-refractivity contribution < 1.29 is 24.2 Å². The average Bonchev–Trinajstić information content (AvgIpc) is 2.95. The lowest BCUT2D eigenvalue weighted by molar-refractivity contribution is -0.152. The SMILES string of the molecule is CCCCCCCCCCCCC(=O)OC[C@@H](O)COC(=O)CCCCCCCCCCCCCCCCC(C)C. The summed E-state index contributed by atoms with van der Waals surface area (Å²) in [4.78, 5) is 23.8. The molecule has 0 aliphatic carbocycles. The molecular formula is C36H70O5. The molecule has 0 spiro atoms. The van der Waals surface area contributed by atoms with E-state index in [0.29, 0.717) is 12.8 Å². The largest absolute Gasteiger partial charge is 0.463 e. The fourth-order valence-corrected chi connectivity index (χ4v) is 5.27. The van der Waals surface area contributed by atoms with Crippen LogP contribution < -0.4 is 0 Å². The third-order valence-electron chi connectivity index (χ3n) is 8.02. The van der Waals surface area contributed by atoms with Crippen LogP contribution in [0.2, 0.25) is 0 Å². The van der Waals surface area contributed by atoms with Gasteiger partial charge in [0.25, 0.3) is 0 Å². The topological polar surface area (TPSA) is 72.8 Å². The summed E-state index contributed by atoms with van der Waals surface area (Å²) in [6, 6.07) is 0. The first-order valence-corrected chi connectivity index (χ1v) is 17.9. The first kappa shape index (κ1) is 39.9. The standard InChI is InChI=1S/C36H70O5/c1-4-5-6-7-8-9-17-20-23-26-29-35(38)40-31-34(37)32-41-36(39)30-27-24-21-18-15-13-11-10-12-14-16-19-22-25-28-33(2)3/h33-34,37H,4-32H2,1-3H3/t34-/m1/s1. The summed E-state index contributed by atoms with van der Waals surface area (Å²) in [6.45, 7) is 6.65. The second kappa shape index (κ2) is 31.8. The Kier molecular flexibility index (Phi) is 31.0. The highest BCUT2D eigenvalue weighted by atomic mass is 16.6. The van der Waals surface area contributed by atoms with Crippen molar-refractivity contribution >= 4 is 11.9 Å². The number of unbranched alkanes of at least 4 members (excludes halogenated alkanes) is 22. The summed E-state index contributed by atoms with van der Waals surface area (Å²) in [5.41, 5.74) is 0. The van der Waals surface area contributed by atoms with E-state index in [-0.39, 0.29) is 25.2 Å². The Bertz CT molecular complexity index is 562. The predicted octanol–water partition coefficient (Wildman–Crippen LogP) is 10.6. The van der Waals surface area contributed by atoms with Gasteiger partial charge in [-0.3, -0.25) is 9.59 Å². The maximum atomic E-state index is 11.9.